The molecule has 2 aromatic rings. The van der Waals surface area contributed by atoms with E-state index in [4.69, 9.17) is 0 Å². The van der Waals surface area contributed by atoms with Gasteiger partial charge in [0.1, 0.15) is 0 Å². The smallest absolute Gasteiger partial charge is 0.321 e. The highest BCUT2D eigenvalue weighted by Crippen LogP contribution is 2.27. The first-order chi connectivity index (χ1) is 11.2. The number of carbonyl (C=O) groups excluding carboxylic acids is 1. The number of thiophene rings is 1. The minimum absolute atomic E-state index is 0.0140. The molecule has 2 amide bonds. The first kappa shape index (κ1) is 14.7. The third kappa shape index (κ3) is 2.99. The van der Waals surface area contributed by atoms with E-state index >= 15 is 0 Å². The molecule has 3 heterocycles. The van der Waals surface area contributed by atoms with Crippen LogP contribution in [-0.2, 0) is 13.0 Å². The highest BCUT2D eigenvalue weighted by Gasteiger charge is 2.36. The van der Waals surface area contributed by atoms with Crippen molar-refractivity contribution >= 4 is 23.1 Å². The molecule has 4 rings (SSSR count). The number of hydrogen-bond acceptors (Lipinski definition) is 3. The van der Waals surface area contributed by atoms with Crippen molar-refractivity contribution in [2.75, 3.05) is 25.0 Å². The molecule has 23 heavy (non-hydrogen) atoms. The van der Waals surface area contributed by atoms with E-state index in [1.54, 1.807) is 0 Å². The Morgan fingerprint density at radius 2 is 2.17 bits per heavy atom. The SMILES string of the molecule is Cc1cccc(NC(=O)N2CC(N3CCc4sccc4C3)C2)c1. The van der Waals surface area contributed by atoms with Gasteiger partial charge in [-0.1, -0.05) is 12.1 Å². The van der Waals surface area contributed by atoms with Gasteiger partial charge >= 0.3 is 6.03 Å². The molecule has 120 valence electrons. The normalized spacial score (nSPS) is 18.4. The lowest BCUT2D eigenvalue weighted by Crippen LogP contribution is -2.62. The summed E-state index contributed by atoms with van der Waals surface area (Å²) in [6.07, 6.45) is 1.15. The molecule has 0 aliphatic carbocycles. The molecule has 0 bridgehead atoms. The fourth-order valence-corrected chi connectivity index (χ4v) is 4.25. The van der Waals surface area contributed by atoms with Gasteiger partial charge in [-0.25, -0.2) is 4.79 Å². The van der Waals surface area contributed by atoms with Crippen LogP contribution in [0.25, 0.3) is 0 Å². The number of benzene rings is 1. The molecule has 1 aromatic carbocycles. The van der Waals surface area contributed by atoms with Gasteiger partial charge in [0, 0.05) is 42.8 Å². The molecule has 0 unspecified atom stereocenters. The Morgan fingerprint density at radius 1 is 1.30 bits per heavy atom. The summed E-state index contributed by atoms with van der Waals surface area (Å²) in [5.74, 6) is 0. The number of nitrogens with one attached hydrogen (secondary N) is 1. The number of anilines is 1. The summed E-state index contributed by atoms with van der Waals surface area (Å²) in [6.45, 7) is 5.85. The molecule has 0 radical (unpaired) electrons. The lowest BCUT2D eigenvalue weighted by Gasteiger charge is -2.46. The number of rotatable bonds is 2. The predicted molar refractivity (Wildman–Crippen MR) is 94.0 cm³/mol. The van der Waals surface area contributed by atoms with Crippen LogP contribution in [0.1, 0.15) is 16.0 Å². The molecule has 0 saturated carbocycles. The minimum Gasteiger partial charge on any atom is -0.321 e. The molecule has 4 nitrogen and oxygen atoms in total. The van der Waals surface area contributed by atoms with Gasteiger partial charge in [0.2, 0.25) is 0 Å². The standard InChI is InChI=1S/C18H21N3OS/c1-13-3-2-4-15(9-13)19-18(22)21-11-16(12-21)20-7-5-17-14(10-20)6-8-23-17/h2-4,6,8-9,16H,5,7,10-12H2,1H3,(H,19,22). The van der Waals surface area contributed by atoms with Gasteiger partial charge in [-0.15, -0.1) is 11.3 Å². The molecule has 0 spiro atoms. The number of carbonyl (C=O) groups is 1. The number of urea groups is 1. The maximum Gasteiger partial charge on any atom is 0.321 e. The Balaban J connectivity index is 1.30. The Morgan fingerprint density at radius 3 is 3.00 bits per heavy atom. The maximum atomic E-state index is 12.3. The summed E-state index contributed by atoms with van der Waals surface area (Å²) in [4.78, 5) is 18.2. The molecule has 1 fully saturated rings. The lowest BCUT2D eigenvalue weighted by atomic mass is 10.0. The van der Waals surface area contributed by atoms with Gasteiger partial charge in [-0.05, 0) is 48.1 Å². The predicted octanol–water partition coefficient (Wildman–Crippen LogP) is 3.33. The summed E-state index contributed by atoms with van der Waals surface area (Å²) in [5.41, 5.74) is 3.51. The maximum absolute atomic E-state index is 12.3. The zero-order valence-corrected chi connectivity index (χ0v) is 14.1. The molecular weight excluding hydrogens is 306 g/mol. The second-order valence-corrected chi connectivity index (χ2v) is 7.45. The molecule has 5 heteroatoms. The van der Waals surface area contributed by atoms with Crippen molar-refractivity contribution in [2.45, 2.75) is 25.9 Å². The van der Waals surface area contributed by atoms with Crippen molar-refractivity contribution in [1.29, 1.82) is 0 Å². The van der Waals surface area contributed by atoms with Crippen molar-refractivity contribution in [3.63, 3.8) is 0 Å². The topological polar surface area (TPSA) is 35.6 Å². The number of nitrogens with zero attached hydrogens (tertiary/aromatic N) is 2. The average Bonchev–Trinajstić information content (AvgIpc) is 2.93. The Hall–Kier alpha value is -1.85. The van der Waals surface area contributed by atoms with Gasteiger partial charge < -0.3 is 10.2 Å². The summed E-state index contributed by atoms with van der Waals surface area (Å²) >= 11 is 1.87. The number of likely N-dealkylation sites (tertiary alicyclic amines) is 1. The second kappa shape index (κ2) is 5.98. The molecule has 1 aromatic heterocycles. The van der Waals surface area contributed by atoms with E-state index in [2.05, 4.69) is 21.7 Å². The van der Waals surface area contributed by atoms with E-state index < -0.39 is 0 Å². The molecule has 1 saturated heterocycles. The van der Waals surface area contributed by atoms with Crippen molar-refractivity contribution < 1.29 is 4.79 Å². The van der Waals surface area contributed by atoms with Gasteiger partial charge in [0.25, 0.3) is 0 Å². The van der Waals surface area contributed by atoms with Crippen LogP contribution in [-0.4, -0.2) is 41.5 Å². The van der Waals surface area contributed by atoms with E-state index in [-0.39, 0.29) is 6.03 Å². The van der Waals surface area contributed by atoms with E-state index in [0.29, 0.717) is 6.04 Å². The molecular formula is C18H21N3OS. The summed E-state index contributed by atoms with van der Waals surface area (Å²) in [6, 6.07) is 10.7. The third-order valence-corrected chi connectivity index (χ3v) is 5.80. The first-order valence-corrected chi connectivity index (χ1v) is 8.99. The average molecular weight is 327 g/mol. The van der Waals surface area contributed by atoms with Crippen LogP contribution in [0, 0.1) is 6.92 Å². The van der Waals surface area contributed by atoms with Gasteiger partial charge in [0.05, 0.1) is 0 Å². The highest BCUT2D eigenvalue weighted by molar-refractivity contribution is 7.10. The number of amides is 2. The molecule has 1 N–H and O–H groups in total. The van der Waals surface area contributed by atoms with Crippen LogP contribution in [0.2, 0.25) is 0 Å². The van der Waals surface area contributed by atoms with E-state index in [1.165, 1.54) is 10.4 Å². The Labute approximate surface area is 140 Å². The zero-order valence-electron chi connectivity index (χ0n) is 13.3. The van der Waals surface area contributed by atoms with Crippen molar-refractivity contribution in [3.8, 4) is 0 Å². The second-order valence-electron chi connectivity index (χ2n) is 6.45. The Bertz CT molecular complexity index is 721. The number of hydrogen-bond donors (Lipinski definition) is 1. The van der Waals surface area contributed by atoms with Crippen LogP contribution in [0.15, 0.2) is 35.7 Å². The van der Waals surface area contributed by atoms with Crippen molar-refractivity contribution in [2.24, 2.45) is 0 Å². The van der Waals surface area contributed by atoms with Gasteiger partial charge in [-0.2, -0.15) is 0 Å². The summed E-state index contributed by atoms with van der Waals surface area (Å²) in [5, 5.41) is 5.18. The zero-order chi connectivity index (χ0) is 15.8. The summed E-state index contributed by atoms with van der Waals surface area (Å²) < 4.78 is 0. The van der Waals surface area contributed by atoms with Crippen LogP contribution in [0.4, 0.5) is 10.5 Å². The van der Waals surface area contributed by atoms with E-state index in [9.17, 15) is 4.79 Å². The van der Waals surface area contributed by atoms with Crippen LogP contribution >= 0.6 is 11.3 Å². The molecule has 2 aliphatic rings. The van der Waals surface area contributed by atoms with Crippen LogP contribution in [0.5, 0.6) is 0 Å². The summed E-state index contributed by atoms with van der Waals surface area (Å²) in [7, 11) is 0. The lowest BCUT2D eigenvalue weighted by molar-refractivity contribution is 0.0533. The van der Waals surface area contributed by atoms with Gasteiger partial charge in [0.15, 0.2) is 0 Å². The number of fused-ring (bicyclic) bond motifs is 1. The number of aryl methyl sites for hydroxylation is 1. The molecule has 2 aliphatic heterocycles. The fourth-order valence-electron chi connectivity index (χ4n) is 3.36. The molecule has 0 atom stereocenters. The third-order valence-electron chi connectivity index (χ3n) is 4.77. The van der Waals surface area contributed by atoms with Crippen LogP contribution < -0.4 is 5.32 Å². The minimum atomic E-state index is 0.0140. The quantitative estimate of drug-likeness (QED) is 0.918. The van der Waals surface area contributed by atoms with E-state index in [0.717, 1.165) is 43.9 Å². The van der Waals surface area contributed by atoms with E-state index in [1.807, 2.05) is 47.4 Å². The van der Waals surface area contributed by atoms with Crippen molar-refractivity contribution in [3.05, 3.63) is 51.7 Å². The highest BCUT2D eigenvalue weighted by atomic mass is 32.1. The van der Waals surface area contributed by atoms with Crippen molar-refractivity contribution in [1.82, 2.24) is 9.80 Å². The fraction of sp³-hybridized carbons (Fsp3) is 0.389. The monoisotopic (exact) mass is 327 g/mol. The van der Waals surface area contributed by atoms with Crippen LogP contribution in [0.3, 0.4) is 0 Å². The first-order valence-electron chi connectivity index (χ1n) is 8.11. The Kier molecular flexibility index (Phi) is 3.83. The van der Waals surface area contributed by atoms with Gasteiger partial charge in [-0.3, -0.25) is 4.90 Å². The largest absolute Gasteiger partial charge is 0.321 e.